The lowest BCUT2D eigenvalue weighted by molar-refractivity contribution is -0.132. The first-order valence-electron chi connectivity index (χ1n) is 9.70. The van der Waals surface area contributed by atoms with Gasteiger partial charge in [-0.2, -0.15) is 0 Å². The minimum absolute atomic E-state index is 0.00483. The summed E-state index contributed by atoms with van der Waals surface area (Å²) < 4.78 is 5.64. The van der Waals surface area contributed by atoms with Crippen molar-refractivity contribution in [1.82, 2.24) is 20.1 Å². The average Bonchev–Trinajstić information content (AvgIpc) is 2.96. The van der Waals surface area contributed by atoms with Crippen LogP contribution in [0.15, 0.2) is 18.2 Å². The summed E-state index contributed by atoms with van der Waals surface area (Å²) in [5.74, 6) is 0.952. The van der Waals surface area contributed by atoms with Crippen LogP contribution >= 0.6 is 0 Å². The molecule has 27 heavy (non-hydrogen) atoms. The monoisotopic (exact) mass is 373 g/mol. The maximum atomic E-state index is 12.7. The molecule has 1 spiro atoms. The highest BCUT2D eigenvalue weighted by atomic mass is 16.6. The minimum Gasteiger partial charge on any atom is -0.441 e. The summed E-state index contributed by atoms with van der Waals surface area (Å²) in [7, 11) is 0. The van der Waals surface area contributed by atoms with Gasteiger partial charge in [-0.25, -0.2) is 9.78 Å². The third kappa shape index (κ3) is 3.85. The summed E-state index contributed by atoms with van der Waals surface area (Å²) in [6, 6.07) is 5.99. The molecule has 3 saturated heterocycles. The molecule has 1 aromatic heterocycles. The highest BCUT2D eigenvalue weighted by Gasteiger charge is 2.46. The Bertz CT molecular complexity index is 711. The molecule has 3 fully saturated rings. The molecule has 8 nitrogen and oxygen atoms in total. The van der Waals surface area contributed by atoms with Gasteiger partial charge in [-0.1, -0.05) is 6.07 Å². The normalized spacial score (nSPS) is 22.3. The first-order valence-corrected chi connectivity index (χ1v) is 9.70. The molecular weight excluding hydrogens is 346 g/mol. The van der Waals surface area contributed by atoms with Gasteiger partial charge in [0.25, 0.3) is 0 Å². The van der Waals surface area contributed by atoms with E-state index in [2.05, 4.69) is 15.2 Å². The first kappa shape index (κ1) is 18.0. The van der Waals surface area contributed by atoms with E-state index in [-0.39, 0.29) is 18.5 Å². The van der Waals surface area contributed by atoms with Gasteiger partial charge in [0.05, 0.1) is 6.54 Å². The number of rotatable bonds is 3. The zero-order valence-electron chi connectivity index (χ0n) is 15.8. The maximum Gasteiger partial charge on any atom is 0.410 e. The number of carbonyl (C=O) groups excluding carboxylic acids is 2. The molecular formula is C19H27N5O3. The molecule has 0 radical (unpaired) electrons. The van der Waals surface area contributed by atoms with E-state index in [9.17, 15) is 9.59 Å². The van der Waals surface area contributed by atoms with Crippen molar-refractivity contribution in [2.75, 3.05) is 57.3 Å². The van der Waals surface area contributed by atoms with Crippen molar-refractivity contribution < 1.29 is 14.3 Å². The van der Waals surface area contributed by atoms with Crippen molar-refractivity contribution in [2.24, 2.45) is 0 Å². The molecule has 4 rings (SSSR count). The average molecular weight is 373 g/mol. The van der Waals surface area contributed by atoms with Crippen LogP contribution in [0.25, 0.3) is 0 Å². The minimum atomic E-state index is -0.405. The number of pyridine rings is 1. The summed E-state index contributed by atoms with van der Waals surface area (Å²) in [4.78, 5) is 35.1. The van der Waals surface area contributed by atoms with E-state index in [1.807, 2.05) is 30.0 Å². The number of piperidine rings is 1. The second-order valence-electron chi connectivity index (χ2n) is 7.66. The van der Waals surface area contributed by atoms with Crippen molar-refractivity contribution >= 4 is 17.8 Å². The SMILES string of the molecule is Cc1cccc(N2CCN(C(=O)CN3CC4(CCNCC4)OC3=O)CC2)n1. The van der Waals surface area contributed by atoms with E-state index in [0.29, 0.717) is 19.6 Å². The number of piperazine rings is 1. The van der Waals surface area contributed by atoms with Crippen LogP contribution in [0.3, 0.4) is 0 Å². The van der Waals surface area contributed by atoms with Gasteiger partial charge < -0.3 is 19.9 Å². The molecule has 0 atom stereocenters. The number of amides is 2. The highest BCUT2D eigenvalue weighted by molar-refractivity contribution is 5.83. The van der Waals surface area contributed by atoms with Crippen LogP contribution in [0.4, 0.5) is 10.6 Å². The third-order valence-corrected chi connectivity index (χ3v) is 5.71. The second-order valence-corrected chi connectivity index (χ2v) is 7.66. The van der Waals surface area contributed by atoms with Crippen molar-refractivity contribution in [1.29, 1.82) is 0 Å². The molecule has 3 aliphatic heterocycles. The first-order chi connectivity index (χ1) is 13.0. The van der Waals surface area contributed by atoms with E-state index >= 15 is 0 Å². The zero-order valence-corrected chi connectivity index (χ0v) is 15.8. The van der Waals surface area contributed by atoms with E-state index in [1.54, 1.807) is 4.90 Å². The number of hydrogen-bond acceptors (Lipinski definition) is 6. The van der Waals surface area contributed by atoms with Crippen molar-refractivity contribution in [3.8, 4) is 0 Å². The van der Waals surface area contributed by atoms with Crippen molar-refractivity contribution in [3.63, 3.8) is 0 Å². The van der Waals surface area contributed by atoms with Gasteiger partial charge in [-0.05, 0) is 32.1 Å². The summed E-state index contributed by atoms with van der Waals surface area (Å²) in [6.45, 7) is 7.11. The number of hydrogen-bond donors (Lipinski definition) is 1. The van der Waals surface area contributed by atoms with Gasteiger partial charge in [0.1, 0.15) is 18.0 Å². The molecule has 4 heterocycles. The maximum absolute atomic E-state index is 12.7. The van der Waals surface area contributed by atoms with E-state index < -0.39 is 5.60 Å². The Morgan fingerprint density at radius 2 is 1.96 bits per heavy atom. The Balaban J connectivity index is 1.30. The van der Waals surface area contributed by atoms with Crippen molar-refractivity contribution in [3.05, 3.63) is 23.9 Å². The Kier molecular flexibility index (Phi) is 4.90. The molecule has 0 unspecified atom stereocenters. The molecule has 8 heteroatoms. The number of aromatic nitrogens is 1. The van der Waals surface area contributed by atoms with Crippen LogP contribution in [-0.4, -0.2) is 84.7 Å². The van der Waals surface area contributed by atoms with Crippen LogP contribution in [0.1, 0.15) is 18.5 Å². The molecule has 146 valence electrons. The number of nitrogens with one attached hydrogen (secondary N) is 1. The van der Waals surface area contributed by atoms with E-state index in [4.69, 9.17) is 4.74 Å². The molecule has 0 aromatic carbocycles. The fourth-order valence-corrected chi connectivity index (χ4v) is 4.11. The molecule has 1 N–H and O–H groups in total. The Morgan fingerprint density at radius 1 is 1.22 bits per heavy atom. The summed E-state index contributed by atoms with van der Waals surface area (Å²) in [6.07, 6.45) is 1.27. The van der Waals surface area contributed by atoms with Crippen LogP contribution in [0.2, 0.25) is 0 Å². The standard InChI is InChI=1S/C19H27N5O3/c1-15-3-2-4-16(21-15)22-9-11-23(12-10-22)17(25)13-24-14-19(27-18(24)26)5-7-20-8-6-19/h2-4,20H,5-14H2,1H3. The topological polar surface area (TPSA) is 78.0 Å². The quantitative estimate of drug-likeness (QED) is 0.837. The Morgan fingerprint density at radius 3 is 2.67 bits per heavy atom. The second kappa shape index (κ2) is 7.34. The lowest BCUT2D eigenvalue weighted by Gasteiger charge is -2.36. The number of nitrogens with zero attached hydrogens (tertiary/aromatic N) is 4. The summed E-state index contributed by atoms with van der Waals surface area (Å²) in [5.41, 5.74) is 0.586. The van der Waals surface area contributed by atoms with Gasteiger partial charge >= 0.3 is 6.09 Å². The van der Waals surface area contributed by atoms with Crippen LogP contribution in [0.5, 0.6) is 0 Å². The molecule has 2 amide bonds. The highest BCUT2D eigenvalue weighted by Crippen LogP contribution is 2.31. The number of ether oxygens (including phenoxy) is 1. The molecule has 3 aliphatic rings. The molecule has 1 aromatic rings. The van der Waals surface area contributed by atoms with Gasteiger partial charge in [-0.3, -0.25) is 9.69 Å². The third-order valence-electron chi connectivity index (χ3n) is 5.71. The largest absolute Gasteiger partial charge is 0.441 e. The van der Waals surface area contributed by atoms with Gasteiger partial charge in [0.2, 0.25) is 5.91 Å². The molecule has 0 bridgehead atoms. The van der Waals surface area contributed by atoms with Crippen LogP contribution < -0.4 is 10.2 Å². The smallest absolute Gasteiger partial charge is 0.410 e. The van der Waals surface area contributed by atoms with Gasteiger partial charge in [-0.15, -0.1) is 0 Å². The van der Waals surface area contributed by atoms with Gasteiger partial charge in [0, 0.05) is 44.7 Å². The van der Waals surface area contributed by atoms with Gasteiger partial charge in [0.15, 0.2) is 0 Å². The van der Waals surface area contributed by atoms with Crippen LogP contribution in [0, 0.1) is 6.92 Å². The van der Waals surface area contributed by atoms with E-state index in [1.165, 1.54) is 0 Å². The number of anilines is 1. The number of aryl methyl sites for hydroxylation is 1. The summed E-state index contributed by atoms with van der Waals surface area (Å²) in [5, 5.41) is 3.28. The fourth-order valence-electron chi connectivity index (χ4n) is 4.11. The molecule has 0 saturated carbocycles. The Labute approximate surface area is 159 Å². The van der Waals surface area contributed by atoms with Crippen molar-refractivity contribution in [2.45, 2.75) is 25.4 Å². The predicted octanol–water partition coefficient (Wildman–Crippen LogP) is 0.613. The Hall–Kier alpha value is -2.35. The fraction of sp³-hybridized carbons (Fsp3) is 0.632. The predicted molar refractivity (Wildman–Crippen MR) is 101 cm³/mol. The molecule has 0 aliphatic carbocycles. The summed E-state index contributed by atoms with van der Waals surface area (Å²) >= 11 is 0. The van der Waals surface area contributed by atoms with Crippen LogP contribution in [-0.2, 0) is 9.53 Å². The van der Waals surface area contributed by atoms with E-state index in [0.717, 1.165) is 50.5 Å². The zero-order chi connectivity index (χ0) is 18.9. The number of carbonyl (C=O) groups is 2. The lowest BCUT2D eigenvalue weighted by atomic mass is 9.92. The lowest BCUT2D eigenvalue weighted by Crippen LogP contribution is -2.52.